The van der Waals surface area contributed by atoms with Crippen molar-refractivity contribution < 1.29 is 19.4 Å². The first-order chi connectivity index (χ1) is 8.62. The number of esters is 1. The average molecular weight is 272 g/mol. The number of methoxy groups -OCH3 is 1. The summed E-state index contributed by atoms with van der Waals surface area (Å²) in [5.41, 5.74) is 5.17. The molecule has 0 aromatic heterocycles. The molecule has 0 radical (unpaired) electrons. The summed E-state index contributed by atoms with van der Waals surface area (Å²) in [7, 11) is 1.32. The topological polar surface area (TPSA) is 92.9 Å². The molecule has 6 nitrogen and oxygen atoms in total. The predicted molar refractivity (Wildman–Crippen MR) is 70.8 cm³/mol. The van der Waals surface area contributed by atoms with Crippen molar-refractivity contribution in [1.82, 2.24) is 4.90 Å². The zero-order valence-electron chi connectivity index (χ0n) is 12.1. The van der Waals surface area contributed by atoms with E-state index >= 15 is 0 Å². The van der Waals surface area contributed by atoms with Crippen molar-refractivity contribution in [3.63, 3.8) is 0 Å². The molecule has 110 valence electrons. The van der Waals surface area contributed by atoms with E-state index in [2.05, 4.69) is 4.74 Å². The van der Waals surface area contributed by atoms with Gasteiger partial charge in [-0.25, -0.2) is 4.79 Å². The Hall–Kier alpha value is -1.30. The lowest BCUT2D eigenvalue weighted by Gasteiger charge is -2.52. The fourth-order valence-electron chi connectivity index (χ4n) is 3.22. The third-order valence-electron chi connectivity index (χ3n) is 3.66. The lowest BCUT2D eigenvalue weighted by atomic mass is 9.68. The van der Waals surface area contributed by atoms with Crippen LogP contribution >= 0.6 is 0 Å². The Morgan fingerprint density at radius 2 is 2.05 bits per heavy atom. The third-order valence-corrected chi connectivity index (χ3v) is 3.66. The van der Waals surface area contributed by atoms with Gasteiger partial charge in [-0.05, 0) is 18.3 Å². The molecule has 0 saturated carbocycles. The molecule has 0 spiro atoms. The van der Waals surface area contributed by atoms with Gasteiger partial charge >= 0.3 is 12.1 Å². The second-order valence-electron chi connectivity index (χ2n) is 6.33. The van der Waals surface area contributed by atoms with E-state index in [1.54, 1.807) is 0 Å². The van der Waals surface area contributed by atoms with Crippen molar-refractivity contribution in [2.75, 3.05) is 13.7 Å². The van der Waals surface area contributed by atoms with Crippen LogP contribution in [0.4, 0.5) is 4.79 Å². The van der Waals surface area contributed by atoms with E-state index in [1.807, 2.05) is 20.8 Å². The fraction of sp³-hybridized carbons (Fsp3) is 0.846. The molecule has 1 saturated heterocycles. The summed E-state index contributed by atoms with van der Waals surface area (Å²) < 4.78 is 4.69. The van der Waals surface area contributed by atoms with E-state index in [4.69, 9.17) is 5.73 Å². The molecular formula is C13H24N2O4. The second kappa shape index (κ2) is 5.36. The molecule has 6 heteroatoms. The molecule has 0 aromatic carbocycles. The van der Waals surface area contributed by atoms with Gasteiger partial charge in [0.1, 0.15) is 0 Å². The van der Waals surface area contributed by atoms with Crippen molar-refractivity contribution >= 4 is 12.1 Å². The maximum atomic E-state index is 11.6. The molecule has 2 atom stereocenters. The highest BCUT2D eigenvalue weighted by Crippen LogP contribution is 2.39. The van der Waals surface area contributed by atoms with Crippen molar-refractivity contribution in [2.24, 2.45) is 11.1 Å². The number of ether oxygens (including phenoxy) is 1. The van der Waals surface area contributed by atoms with Crippen LogP contribution in [-0.2, 0) is 9.53 Å². The lowest BCUT2D eigenvalue weighted by Crippen LogP contribution is -2.68. The maximum absolute atomic E-state index is 11.6. The second-order valence-corrected chi connectivity index (χ2v) is 6.33. The van der Waals surface area contributed by atoms with Crippen molar-refractivity contribution in [1.29, 1.82) is 0 Å². The van der Waals surface area contributed by atoms with Gasteiger partial charge in [-0.1, -0.05) is 20.8 Å². The third kappa shape index (κ3) is 3.37. The van der Waals surface area contributed by atoms with Crippen LogP contribution in [0.15, 0.2) is 0 Å². The van der Waals surface area contributed by atoms with Gasteiger partial charge in [-0.3, -0.25) is 4.79 Å². The highest BCUT2D eigenvalue weighted by Gasteiger charge is 2.50. The van der Waals surface area contributed by atoms with Crippen LogP contribution in [0, 0.1) is 5.41 Å². The number of carboxylic acid groups (broad SMARTS) is 1. The molecule has 2 unspecified atom stereocenters. The Balaban J connectivity index is 3.12. The number of likely N-dealkylation sites (tertiary alicyclic amines) is 1. The van der Waals surface area contributed by atoms with Gasteiger partial charge in [0.15, 0.2) is 0 Å². The smallest absolute Gasteiger partial charge is 0.407 e. The van der Waals surface area contributed by atoms with E-state index in [9.17, 15) is 14.7 Å². The SMILES string of the molecule is COC(=O)CC1(N)CCCN(C(=O)O)C1C(C)(C)C. The fourth-order valence-corrected chi connectivity index (χ4v) is 3.22. The summed E-state index contributed by atoms with van der Waals surface area (Å²) in [6.07, 6.45) is 0.328. The molecule has 0 aromatic rings. The van der Waals surface area contributed by atoms with Gasteiger partial charge in [0.2, 0.25) is 0 Å². The molecule has 0 aliphatic carbocycles. The minimum atomic E-state index is -0.987. The van der Waals surface area contributed by atoms with Crippen LogP contribution in [-0.4, -0.2) is 47.3 Å². The number of hydrogen-bond donors (Lipinski definition) is 2. The Morgan fingerprint density at radius 3 is 2.47 bits per heavy atom. The first-order valence-corrected chi connectivity index (χ1v) is 6.47. The van der Waals surface area contributed by atoms with Gasteiger partial charge in [0.25, 0.3) is 0 Å². The van der Waals surface area contributed by atoms with Gasteiger partial charge in [-0.15, -0.1) is 0 Å². The normalized spacial score (nSPS) is 28.1. The first kappa shape index (κ1) is 15.8. The zero-order valence-corrected chi connectivity index (χ0v) is 12.1. The molecule has 1 rings (SSSR count). The number of rotatable bonds is 2. The van der Waals surface area contributed by atoms with Crippen LogP contribution in [0.1, 0.15) is 40.0 Å². The van der Waals surface area contributed by atoms with Gasteiger partial charge in [-0.2, -0.15) is 0 Å². The molecule has 1 heterocycles. The molecule has 1 aliphatic heterocycles. The first-order valence-electron chi connectivity index (χ1n) is 6.47. The van der Waals surface area contributed by atoms with Crippen molar-refractivity contribution in [3.05, 3.63) is 0 Å². The Bertz CT molecular complexity index is 364. The van der Waals surface area contributed by atoms with Crippen molar-refractivity contribution in [2.45, 2.75) is 51.6 Å². The Morgan fingerprint density at radius 1 is 1.47 bits per heavy atom. The molecule has 1 aliphatic rings. The molecule has 3 N–H and O–H groups in total. The Kier molecular flexibility index (Phi) is 4.45. The van der Waals surface area contributed by atoms with E-state index in [-0.39, 0.29) is 11.8 Å². The number of nitrogens with zero attached hydrogens (tertiary/aromatic N) is 1. The number of hydrogen-bond acceptors (Lipinski definition) is 4. The van der Waals surface area contributed by atoms with E-state index in [0.717, 1.165) is 0 Å². The lowest BCUT2D eigenvalue weighted by molar-refractivity contribution is -0.144. The summed E-state index contributed by atoms with van der Waals surface area (Å²) in [6, 6.07) is -0.412. The largest absolute Gasteiger partial charge is 0.469 e. The molecule has 19 heavy (non-hydrogen) atoms. The monoisotopic (exact) mass is 272 g/mol. The summed E-state index contributed by atoms with van der Waals surface area (Å²) in [6.45, 7) is 6.28. The highest BCUT2D eigenvalue weighted by atomic mass is 16.5. The van der Waals surface area contributed by atoms with E-state index < -0.39 is 23.6 Å². The van der Waals surface area contributed by atoms with Crippen molar-refractivity contribution in [3.8, 4) is 0 Å². The quantitative estimate of drug-likeness (QED) is 0.742. The highest BCUT2D eigenvalue weighted by molar-refractivity contribution is 5.72. The van der Waals surface area contributed by atoms with Gasteiger partial charge < -0.3 is 20.5 Å². The van der Waals surface area contributed by atoms with E-state index in [0.29, 0.717) is 19.4 Å². The number of carbonyl (C=O) groups is 2. The minimum Gasteiger partial charge on any atom is -0.469 e. The predicted octanol–water partition coefficient (Wildman–Crippen LogP) is 1.44. The van der Waals surface area contributed by atoms with Crippen LogP contribution in [0.25, 0.3) is 0 Å². The summed E-state index contributed by atoms with van der Waals surface area (Å²) >= 11 is 0. The summed E-state index contributed by atoms with van der Waals surface area (Å²) in [4.78, 5) is 24.3. The standard InChI is InChI=1S/C13H24N2O4/c1-12(2,3)10-13(14,8-9(16)19-4)6-5-7-15(10)11(17)18/h10H,5-8,14H2,1-4H3,(H,17,18). The Labute approximate surface area is 113 Å². The number of amides is 1. The van der Waals surface area contributed by atoms with E-state index in [1.165, 1.54) is 12.0 Å². The van der Waals surface area contributed by atoms with Gasteiger partial charge in [0, 0.05) is 12.1 Å². The maximum Gasteiger partial charge on any atom is 0.407 e. The molecule has 0 bridgehead atoms. The minimum absolute atomic E-state index is 0.0369. The van der Waals surface area contributed by atoms with Crippen LogP contribution < -0.4 is 5.73 Å². The molecule has 1 fully saturated rings. The van der Waals surface area contributed by atoms with Crippen LogP contribution in [0.3, 0.4) is 0 Å². The number of piperidine rings is 1. The number of nitrogens with two attached hydrogens (primary N) is 1. The molecule has 1 amide bonds. The van der Waals surface area contributed by atoms with Gasteiger partial charge in [0.05, 0.1) is 19.6 Å². The number of carbonyl (C=O) groups excluding carboxylic acids is 1. The van der Waals surface area contributed by atoms with Crippen LogP contribution in [0.2, 0.25) is 0 Å². The summed E-state index contributed by atoms with van der Waals surface area (Å²) in [5, 5.41) is 9.35. The average Bonchev–Trinajstić information content (AvgIpc) is 2.25. The molecular weight excluding hydrogens is 248 g/mol. The van der Waals surface area contributed by atoms with Crippen LogP contribution in [0.5, 0.6) is 0 Å². The zero-order chi connectivity index (χ0) is 14.8. The summed E-state index contributed by atoms with van der Waals surface area (Å²) in [5.74, 6) is -0.399.